The van der Waals surface area contributed by atoms with E-state index in [0.717, 1.165) is 0 Å². The first-order valence-electron chi connectivity index (χ1n) is 4.00. The molecule has 1 aromatic heterocycles. The van der Waals surface area contributed by atoms with Gasteiger partial charge in [0.15, 0.2) is 4.73 Å². The van der Waals surface area contributed by atoms with Crippen LogP contribution in [0.1, 0.15) is 6.92 Å². The van der Waals surface area contributed by atoms with Crippen LogP contribution in [0.15, 0.2) is 4.73 Å². The van der Waals surface area contributed by atoms with Crippen LogP contribution >= 0.6 is 15.9 Å². The molecule has 0 spiro atoms. The number of halogens is 1. The van der Waals surface area contributed by atoms with Crippen molar-refractivity contribution in [2.45, 2.75) is 19.6 Å². The van der Waals surface area contributed by atoms with Crippen molar-refractivity contribution in [2.24, 2.45) is 0 Å². The maximum Gasteiger partial charge on any atom is 0.240 e. The standard InChI is InChI=1S/C7H10BrN5O/c1-5(4-9)14-3-2-13-6(8)11-7(10)12-13/h5H,2-3H2,1H3,(H2,10,12). The highest BCUT2D eigenvalue weighted by Crippen LogP contribution is 2.07. The lowest BCUT2D eigenvalue weighted by Gasteiger charge is -2.05. The Morgan fingerprint density at radius 2 is 2.50 bits per heavy atom. The van der Waals surface area contributed by atoms with E-state index in [2.05, 4.69) is 26.0 Å². The quantitative estimate of drug-likeness (QED) is 0.853. The van der Waals surface area contributed by atoms with Crippen LogP contribution < -0.4 is 5.73 Å². The molecule has 0 aliphatic rings. The van der Waals surface area contributed by atoms with Crippen LogP contribution in [0, 0.1) is 11.3 Å². The predicted octanol–water partition coefficient (Wildman–Crippen LogP) is 0.551. The van der Waals surface area contributed by atoms with E-state index in [0.29, 0.717) is 17.9 Å². The van der Waals surface area contributed by atoms with Gasteiger partial charge < -0.3 is 10.5 Å². The fourth-order valence-electron chi connectivity index (χ4n) is 0.835. The molecule has 0 aromatic carbocycles. The van der Waals surface area contributed by atoms with Crippen molar-refractivity contribution in [3.05, 3.63) is 4.73 Å². The van der Waals surface area contributed by atoms with Gasteiger partial charge in [0.2, 0.25) is 5.95 Å². The Morgan fingerprint density at radius 3 is 3.00 bits per heavy atom. The molecule has 1 aromatic rings. The van der Waals surface area contributed by atoms with Gasteiger partial charge in [-0.3, -0.25) is 0 Å². The van der Waals surface area contributed by atoms with Crippen molar-refractivity contribution >= 4 is 21.9 Å². The lowest BCUT2D eigenvalue weighted by Crippen LogP contribution is -2.12. The van der Waals surface area contributed by atoms with E-state index in [1.165, 1.54) is 0 Å². The number of nitrogens with two attached hydrogens (primary N) is 1. The Hall–Kier alpha value is -1.13. The zero-order valence-electron chi connectivity index (χ0n) is 7.64. The summed E-state index contributed by atoms with van der Waals surface area (Å²) in [6.07, 6.45) is -0.408. The molecule has 0 aliphatic heterocycles. The third-order valence-corrected chi connectivity index (χ3v) is 2.08. The van der Waals surface area contributed by atoms with E-state index in [1.54, 1.807) is 11.6 Å². The van der Waals surface area contributed by atoms with Crippen LogP contribution in [0.3, 0.4) is 0 Å². The Morgan fingerprint density at radius 1 is 1.79 bits per heavy atom. The van der Waals surface area contributed by atoms with Crippen LogP contribution in [0.4, 0.5) is 5.95 Å². The second-order valence-electron chi connectivity index (χ2n) is 2.60. The molecule has 0 aliphatic carbocycles. The van der Waals surface area contributed by atoms with Gasteiger partial charge in [-0.2, -0.15) is 10.2 Å². The lowest BCUT2D eigenvalue weighted by atomic mass is 10.5. The van der Waals surface area contributed by atoms with Gasteiger partial charge in [0, 0.05) is 0 Å². The second-order valence-corrected chi connectivity index (χ2v) is 3.31. The summed E-state index contributed by atoms with van der Waals surface area (Å²) in [4.78, 5) is 3.85. The third-order valence-electron chi connectivity index (χ3n) is 1.50. The number of nitrogen functional groups attached to an aromatic ring is 1. The van der Waals surface area contributed by atoms with E-state index in [-0.39, 0.29) is 5.95 Å². The molecule has 1 atom stereocenters. The molecule has 0 bridgehead atoms. The monoisotopic (exact) mass is 259 g/mol. The topological polar surface area (TPSA) is 89.8 Å². The van der Waals surface area contributed by atoms with Gasteiger partial charge in [-0.1, -0.05) is 0 Å². The van der Waals surface area contributed by atoms with Gasteiger partial charge in [-0.05, 0) is 22.9 Å². The Bertz CT molecular complexity index is 344. The highest BCUT2D eigenvalue weighted by molar-refractivity contribution is 9.10. The van der Waals surface area contributed by atoms with Crippen LogP contribution in [0.5, 0.6) is 0 Å². The van der Waals surface area contributed by atoms with Gasteiger partial charge in [0.1, 0.15) is 6.10 Å². The summed E-state index contributed by atoms with van der Waals surface area (Å²) in [7, 11) is 0. The molecule has 1 rings (SSSR count). The average Bonchev–Trinajstić information content (AvgIpc) is 2.45. The third kappa shape index (κ3) is 2.97. The molecule has 6 nitrogen and oxygen atoms in total. The molecule has 0 saturated carbocycles. The van der Waals surface area contributed by atoms with Gasteiger partial charge in [-0.25, -0.2) is 4.68 Å². The number of ether oxygens (including phenoxy) is 1. The molecule has 1 heterocycles. The molecule has 0 saturated heterocycles. The molecule has 14 heavy (non-hydrogen) atoms. The second kappa shape index (κ2) is 4.93. The summed E-state index contributed by atoms with van der Waals surface area (Å²) >= 11 is 3.19. The van der Waals surface area contributed by atoms with Crippen LogP contribution in [0.25, 0.3) is 0 Å². The number of hydrogen-bond acceptors (Lipinski definition) is 5. The summed E-state index contributed by atoms with van der Waals surface area (Å²) in [5.74, 6) is 0.213. The first-order valence-corrected chi connectivity index (χ1v) is 4.80. The number of nitriles is 1. The average molecular weight is 260 g/mol. The number of aromatic nitrogens is 3. The normalized spacial score (nSPS) is 12.4. The lowest BCUT2D eigenvalue weighted by molar-refractivity contribution is 0.0927. The van der Waals surface area contributed by atoms with Crippen molar-refractivity contribution in [1.82, 2.24) is 14.8 Å². The molecule has 2 N–H and O–H groups in total. The minimum atomic E-state index is -0.408. The largest absolute Gasteiger partial charge is 0.366 e. The van der Waals surface area contributed by atoms with Gasteiger partial charge >= 0.3 is 0 Å². The minimum absolute atomic E-state index is 0.213. The van der Waals surface area contributed by atoms with E-state index in [9.17, 15) is 0 Å². The number of rotatable bonds is 4. The van der Waals surface area contributed by atoms with Crippen molar-refractivity contribution in [3.63, 3.8) is 0 Å². The fraction of sp³-hybridized carbons (Fsp3) is 0.571. The highest BCUT2D eigenvalue weighted by atomic mass is 79.9. The first-order chi connectivity index (χ1) is 6.63. The van der Waals surface area contributed by atoms with E-state index < -0.39 is 6.10 Å². The van der Waals surface area contributed by atoms with Crippen molar-refractivity contribution < 1.29 is 4.74 Å². The molecule has 7 heteroatoms. The predicted molar refractivity (Wildman–Crippen MR) is 53.2 cm³/mol. The van der Waals surface area contributed by atoms with Crippen LogP contribution in [-0.2, 0) is 11.3 Å². The number of nitrogens with zero attached hydrogens (tertiary/aromatic N) is 4. The van der Waals surface area contributed by atoms with Gasteiger partial charge in [0.25, 0.3) is 0 Å². The van der Waals surface area contributed by atoms with Crippen LogP contribution in [-0.4, -0.2) is 27.5 Å². The Labute approximate surface area is 89.8 Å². The first kappa shape index (κ1) is 10.9. The van der Waals surface area contributed by atoms with E-state index in [1.807, 2.05) is 6.07 Å². The van der Waals surface area contributed by atoms with E-state index >= 15 is 0 Å². The number of hydrogen-bond donors (Lipinski definition) is 1. The maximum absolute atomic E-state index is 8.45. The molecule has 1 unspecified atom stereocenters. The SMILES string of the molecule is CC(C#N)OCCn1nc(N)nc1Br. The molecular formula is C7H10BrN5O. The molecule has 76 valence electrons. The van der Waals surface area contributed by atoms with Crippen molar-refractivity contribution in [3.8, 4) is 6.07 Å². The Kier molecular flexibility index (Phi) is 3.85. The smallest absolute Gasteiger partial charge is 0.240 e. The molecule has 0 amide bonds. The molecule has 0 radical (unpaired) electrons. The molecular weight excluding hydrogens is 250 g/mol. The minimum Gasteiger partial charge on any atom is -0.366 e. The molecule has 0 fully saturated rings. The van der Waals surface area contributed by atoms with Gasteiger partial charge in [-0.15, -0.1) is 5.10 Å². The summed E-state index contributed by atoms with van der Waals surface area (Å²) in [6.45, 7) is 2.59. The van der Waals surface area contributed by atoms with Crippen LogP contribution in [0.2, 0.25) is 0 Å². The zero-order valence-corrected chi connectivity index (χ0v) is 9.23. The maximum atomic E-state index is 8.45. The van der Waals surface area contributed by atoms with Crippen molar-refractivity contribution in [2.75, 3.05) is 12.3 Å². The summed E-state index contributed by atoms with van der Waals surface area (Å²) in [6, 6.07) is 1.97. The highest BCUT2D eigenvalue weighted by Gasteiger charge is 2.05. The Balaban J connectivity index is 2.39. The summed E-state index contributed by atoms with van der Waals surface area (Å²) < 4.78 is 7.28. The van der Waals surface area contributed by atoms with E-state index in [4.69, 9.17) is 15.7 Å². The fourth-order valence-corrected chi connectivity index (χ4v) is 1.27. The van der Waals surface area contributed by atoms with Gasteiger partial charge in [0.05, 0.1) is 19.2 Å². The van der Waals surface area contributed by atoms with Crippen molar-refractivity contribution in [1.29, 1.82) is 5.26 Å². The zero-order chi connectivity index (χ0) is 10.6. The number of anilines is 1. The summed E-state index contributed by atoms with van der Waals surface area (Å²) in [5.41, 5.74) is 5.37. The summed E-state index contributed by atoms with van der Waals surface area (Å²) in [5, 5.41) is 12.4.